The van der Waals surface area contributed by atoms with E-state index in [1.807, 2.05) is 48.5 Å². The number of fused-ring (bicyclic) bond motifs is 1. The predicted octanol–water partition coefficient (Wildman–Crippen LogP) is 3.99. The number of hydrogen-bond donors (Lipinski definition) is 4. The summed E-state index contributed by atoms with van der Waals surface area (Å²) in [7, 11) is 0. The van der Waals surface area contributed by atoms with Crippen molar-refractivity contribution < 1.29 is 19.7 Å². The topological polar surface area (TPSA) is 132 Å². The molecular weight excluding hydrogens is 520 g/mol. The number of amides is 1. The molecule has 0 aliphatic carbocycles. The van der Waals surface area contributed by atoms with E-state index in [1.54, 1.807) is 11.0 Å². The molecule has 2 aromatic heterocycles. The van der Waals surface area contributed by atoms with Gasteiger partial charge in [-0.05, 0) is 55.0 Å². The molecule has 4 N–H and O–H groups in total. The first kappa shape index (κ1) is 27.1. The number of likely N-dealkylation sites (tertiary alicyclic amines) is 1. The van der Waals surface area contributed by atoms with E-state index in [0.717, 1.165) is 36.1 Å². The number of aliphatic hydroxyl groups excluding tert-OH is 2. The molecule has 0 radical (unpaired) electrons. The fraction of sp³-hybridized carbons (Fsp3) is 0.345. The molecule has 0 bridgehead atoms. The van der Waals surface area contributed by atoms with Crippen LogP contribution < -0.4 is 5.69 Å². The van der Waals surface area contributed by atoms with Crippen molar-refractivity contribution in [2.75, 3.05) is 26.3 Å². The van der Waals surface area contributed by atoms with Crippen LogP contribution in [0.3, 0.4) is 0 Å². The molecule has 4 aromatic rings. The van der Waals surface area contributed by atoms with E-state index in [9.17, 15) is 14.7 Å². The van der Waals surface area contributed by atoms with Crippen LogP contribution >= 0.6 is 11.6 Å². The maximum Gasteiger partial charge on any atom is 0.325 e. The minimum atomic E-state index is -0.428. The van der Waals surface area contributed by atoms with Crippen LogP contribution in [0, 0.1) is 0 Å². The van der Waals surface area contributed by atoms with Crippen LogP contribution in [0.1, 0.15) is 36.0 Å². The van der Waals surface area contributed by atoms with Crippen molar-refractivity contribution in [3.05, 3.63) is 75.7 Å². The molecule has 2 saturated heterocycles. The first-order valence-corrected chi connectivity index (χ1v) is 13.5. The molecule has 2 unspecified atom stereocenters. The van der Waals surface area contributed by atoms with E-state index in [2.05, 4.69) is 15.0 Å². The molecule has 2 aliphatic rings. The van der Waals surface area contributed by atoms with E-state index < -0.39 is 6.10 Å². The van der Waals surface area contributed by atoms with Crippen LogP contribution in [0.15, 0.2) is 59.4 Å². The van der Waals surface area contributed by atoms with Crippen molar-refractivity contribution >= 4 is 28.7 Å². The number of pyridine rings is 1. The van der Waals surface area contributed by atoms with Crippen molar-refractivity contribution in [1.29, 1.82) is 0 Å². The van der Waals surface area contributed by atoms with Crippen LogP contribution in [0.2, 0.25) is 5.02 Å². The summed E-state index contributed by atoms with van der Waals surface area (Å²) < 4.78 is 5.18. The lowest BCUT2D eigenvalue weighted by molar-refractivity contribution is -0.0172. The van der Waals surface area contributed by atoms with E-state index >= 15 is 0 Å². The standard InChI is InChI=1S/C23H19ClN4O3.C6H12O2/c24-18-11-19-21(27-23(31)25-19)26-20(18)15-5-1-13(2-6-15)14-3-7-16(8-4-14)22(30)28-10-9-17(29)12-28;7-5-6-3-1-2-4-8-6/h1-8,11,17,29H,9-10,12H2,(H2,25,26,27,31);6-7H,1-5H2. The van der Waals surface area contributed by atoms with Crippen molar-refractivity contribution in [3.8, 4) is 22.4 Å². The summed E-state index contributed by atoms with van der Waals surface area (Å²) in [5.41, 5.74) is 4.70. The Bertz CT molecular complexity index is 1480. The summed E-state index contributed by atoms with van der Waals surface area (Å²) in [6, 6.07) is 16.9. The largest absolute Gasteiger partial charge is 0.394 e. The van der Waals surface area contributed by atoms with Crippen LogP contribution in [-0.2, 0) is 4.74 Å². The quantitative estimate of drug-likeness (QED) is 0.304. The average molecular weight is 551 g/mol. The number of aromatic amines is 2. The highest BCUT2D eigenvalue weighted by atomic mass is 35.5. The Morgan fingerprint density at radius 1 is 1.03 bits per heavy atom. The molecule has 10 heteroatoms. The number of nitrogens with zero attached hydrogens (tertiary/aromatic N) is 2. The Kier molecular flexibility index (Phi) is 8.42. The highest BCUT2D eigenvalue weighted by molar-refractivity contribution is 6.33. The molecule has 6 rings (SSSR count). The minimum Gasteiger partial charge on any atom is -0.394 e. The first-order valence-electron chi connectivity index (χ1n) is 13.1. The Hall–Kier alpha value is -3.50. The van der Waals surface area contributed by atoms with Crippen LogP contribution in [0.4, 0.5) is 0 Å². The molecule has 2 fully saturated rings. The van der Waals surface area contributed by atoms with Gasteiger partial charge in [-0.3, -0.25) is 9.78 Å². The van der Waals surface area contributed by atoms with Gasteiger partial charge in [-0.2, -0.15) is 0 Å². The fourth-order valence-corrected chi connectivity index (χ4v) is 5.09. The molecule has 2 aromatic carbocycles. The molecule has 2 atom stereocenters. The van der Waals surface area contributed by atoms with Crippen molar-refractivity contribution in [3.63, 3.8) is 0 Å². The number of nitrogens with one attached hydrogen (secondary N) is 2. The highest BCUT2D eigenvalue weighted by Crippen LogP contribution is 2.30. The lowest BCUT2D eigenvalue weighted by Gasteiger charge is -2.19. The molecule has 1 amide bonds. The SMILES string of the molecule is O=C(c1ccc(-c2ccc(-c3nc4[nH]c(=O)[nH]c4cc3Cl)cc2)cc1)N1CCC(O)C1.OCC1CCCCO1. The number of aliphatic hydroxyl groups is 2. The number of H-pyrrole nitrogens is 2. The first-order chi connectivity index (χ1) is 18.9. The van der Waals surface area contributed by atoms with Crippen molar-refractivity contribution in [1.82, 2.24) is 19.9 Å². The molecular formula is C29H31ClN4O5. The molecule has 39 heavy (non-hydrogen) atoms. The van der Waals surface area contributed by atoms with E-state index in [-0.39, 0.29) is 24.3 Å². The van der Waals surface area contributed by atoms with Gasteiger partial charge >= 0.3 is 5.69 Å². The lowest BCUT2D eigenvalue weighted by Crippen LogP contribution is -2.29. The number of rotatable bonds is 4. The van der Waals surface area contributed by atoms with Gasteiger partial charge in [-0.1, -0.05) is 48.0 Å². The molecule has 0 spiro atoms. The van der Waals surface area contributed by atoms with E-state index in [1.165, 1.54) is 6.42 Å². The normalized spacial score (nSPS) is 19.1. The number of halogens is 1. The van der Waals surface area contributed by atoms with E-state index in [4.69, 9.17) is 21.4 Å². The van der Waals surface area contributed by atoms with Crippen LogP contribution in [0.25, 0.3) is 33.5 Å². The van der Waals surface area contributed by atoms with Gasteiger partial charge in [0.25, 0.3) is 5.91 Å². The third kappa shape index (κ3) is 6.39. The monoisotopic (exact) mass is 550 g/mol. The summed E-state index contributed by atoms with van der Waals surface area (Å²) in [5, 5.41) is 18.7. The lowest BCUT2D eigenvalue weighted by atomic mass is 10.0. The summed E-state index contributed by atoms with van der Waals surface area (Å²) >= 11 is 6.36. The van der Waals surface area contributed by atoms with Gasteiger partial charge in [0.2, 0.25) is 0 Å². The average Bonchev–Trinajstić information content (AvgIpc) is 3.57. The van der Waals surface area contributed by atoms with E-state index in [0.29, 0.717) is 47.0 Å². The Morgan fingerprint density at radius 3 is 2.31 bits per heavy atom. The van der Waals surface area contributed by atoms with Gasteiger partial charge in [0.15, 0.2) is 5.65 Å². The minimum absolute atomic E-state index is 0.0580. The Labute approximate surface area is 230 Å². The number of hydrogen-bond acceptors (Lipinski definition) is 6. The molecule has 204 valence electrons. The summed E-state index contributed by atoms with van der Waals surface area (Å²) in [6.45, 7) is 2.01. The predicted molar refractivity (Wildman–Crippen MR) is 150 cm³/mol. The molecule has 0 saturated carbocycles. The zero-order valence-electron chi connectivity index (χ0n) is 21.4. The van der Waals surface area contributed by atoms with Gasteiger partial charge in [0, 0.05) is 30.8 Å². The highest BCUT2D eigenvalue weighted by Gasteiger charge is 2.25. The maximum atomic E-state index is 12.5. The third-order valence-electron chi connectivity index (χ3n) is 7.01. The Morgan fingerprint density at radius 2 is 1.72 bits per heavy atom. The summed E-state index contributed by atoms with van der Waals surface area (Å²) in [6.07, 6.45) is 3.76. The van der Waals surface area contributed by atoms with Gasteiger partial charge in [-0.15, -0.1) is 0 Å². The molecule has 4 heterocycles. The number of carbonyl (C=O) groups excluding carboxylic acids is 1. The number of carbonyl (C=O) groups is 1. The fourth-order valence-electron chi connectivity index (χ4n) is 4.83. The number of imidazole rings is 1. The second kappa shape index (κ2) is 12.1. The van der Waals surface area contributed by atoms with Gasteiger partial charge in [-0.25, -0.2) is 9.78 Å². The summed E-state index contributed by atoms with van der Waals surface area (Å²) in [5.74, 6) is -0.0580. The van der Waals surface area contributed by atoms with Gasteiger partial charge < -0.3 is 24.8 Å². The van der Waals surface area contributed by atoms with Gasteiger partial charge in [0.05, 0.1) is 35.0 Å². The smallest absolute Gasteiger partial charge is 0.325 e. The zero-order valence-corrected chi connectivity index (χ0v) is 22.2. The molecule has 9 nitrogen and oxygen atoms in total. The van der Waals surface area contributed by atoms with Crippen LogP contribution in [0.5, 0.6) is 0 Å². The Balaban J connectivity index is 0.000000332. The van der Waals surface area contributed by atoms with Crippen molar-refractivity contribution in [2.45, 2.75) is 37.9 Å². The van der Waals surface area contributed by atoms with Gasteiger partial charge in [0.1, 0.15) is 0 Å². The summed E-state index contributed by atoms with van der Waals surface area (Å²) in [4.78, 5) is 35.4. The zero-order chi connectivity index (χ0) is 27.4. The number of benzene rings is 2. The number of ether oxygens (including phenoxy) is 1. The second-order valence-corrected chi connectivity index (χ2v) is 10.2. The third-order valence-corrected chi connectivity index (χ3v) is 7.30. The van der Waals surface area contributed by atoms with Crippen molar-refractivity contribution in [2.24, 2.45) is 0 Å². The number of β-amino-alcohol motifs (C(OH)–C–C–N with tert-alkyl or cyclic N) is 1. The van der Waals surface area contributed by atoms with Crippen LogP contribution in [-0.4, -0.2) is 74.5 Å². The second-order valence-electron chi connectivity index (χ2n) is 9.81. The molecule has 2 aliphatic heterocycles. The number of aromatic nitrogens is 3. The maximum absolute atomic E-state index is 12.5.